The maximum Gasteiger partial charge on any atom is 0.169 e. The van der Waals surface area contributed by atoms with E-state index < -0.39 is 0 Å². The summed E-state index contributed by atoms with van der Waals surface area (Å²) in [5.41, 5.74) is 1.03. The molecule has 0 radical (unpaired) electrons. The molecule has 0 aliphatic carbocycles. The van der Waals surface area contributed by atoms with Crippen molar-refractivity contribution in [2.24, 2.45) is 5.92 Å². The van der Waals surface area contributed by atoms with Gasteiger partial charge >= 0.3 is 0 Å². The van der Waals surface area contributed by atoms with Gasteiger partial charge in [-0.25, -0.2) is 4.39 Å². The lowest BCUT2D eigenvalue weighted by Gasteiger charge is -2.36. The van der Waals surface area contributed by atoms with E-state index in [9.17, 15) is 4.39 Å². The number of nitrogens with zero attached hydrogens (tertiary/aromatic N) is 2. The Morgan fingerprint density at radius 2 is 2.00 bits per heavy atom. The van der Waals surface area contributed by atoms with Gasteiger partial charge in [-0.1, -0.05) is 26.0 Å². The summed E-state index contributed by atoms with van der Waals surface area (Å²) in [5.74, 6) is 0.433. The van der Waals surface area contributed by atoms with Crippen LogP contribution in [0.3, 0.4) is 0 Å². The fraction of sp³-hybridized carbons (Fsp3) is 0.562. The van der Waals surface area contributed by atoms with E-state index in [0.29, 0.717) is 5.92 Å². The van der Waals surface area contributed by atoms with Crippen LogP contribution in [0.2, 0.25) is 0 Å². The first-order valence-electron chi connectivity index (χ1n) is 7.54. The molecule has 1 saturated heterocycles. The molecule has 1 aromatic carbocycles. The number of benzene rings is 1. The van der Waals surface area contributed by atoms with Crippen molar-refractivity contribution in [1.82, 2.24) is 15.1 Å². The highest BCUT2D eigenvalue weighted by molar-refractivity contribution is 7.80. The van der Waals surface area contributed by atoms with E-state index >= 15 is 0 Å². The molecule has 0 bridgehead atoms. The Morgan fingerprint density at radius 1 is 1.29 bits per heavy atom. The number of halogens is 1. The van der Waals surface area contributed by atoms with Gasteiger partial charge in [-0.15, -0.1) is 0 Å². The average molecular weight is 309 g/mol. The standard InChI is InChI=1S/C16H24FN3S/c1-13(2)11-18-16(21)20-8-6-19(7-9-20)12-14-4-3-5-15(17)10-14/h3-5,10,13H,6-9,11-12H2,1-2H3,(H,18,21). The highest BCUT2D eigenvalue weighted by atomic mass is 32.1. The molecule has 0 atom stereocenters. The van der Waals surface area contributed by atoms with Gasteiger partial charge < -0.3 is 10.2 Å². The molecule has 1 fully saturated rings. The third-order valence-electron chi connectivity index (χ3n) is 3.62. The van der Waals surface area contributed by atoms with Crippen LogP contribution in [0.1, 0.15) is 19.4 Å². The fourth-order valence-electron chi connectivity index (χ4n) is 2.41. The predicted molar refractivity (Wildman–Crippen MR) is 88.7 cm³/mol. The molecule has 2 rings (SSSR count). The molecule has 5 heteroatoms. The normalized spacial score (nSPS) is 16.3. The molecule has 0 amide bonds. The minimum atomic E-state index is -0.162. The van der Waals surface area contributed by atoms with E-state index in [1.54, 1.807) is 12.1 Å². The summed E-state index contributed by atoms with van der Waals surface area (Å²) in [6.07, 6.45) is 0. The van der Waals surface area contributed by atoms with Crippen LogP contribution in [-0.2, 0) is 6.54 Å². The molecule has 1 N–H and O–H groups in total. The number of hydrogen-bond donors (Lipinski definition) is 1. The topological polar surface area (TPSA) is 18.5 Å². The van der Waals surface area contributed by atoms with Gasteiger partial charge in [0.25, 0.3) is 0 Å². The Bertz CT molecular complexity index is 470. The van der Waals surface area contributed by atoms with E-state index in [1.165, 1.54) is 6.07 Å². The van der Waals surface area contributed by atoms with Crippen molar-refractivity contribution in [1.29, 1.82) is 0 Å². The maximum atomic E-state index is 13.2. The van der Waals surface area contributed by atoms with E-state index in [1.807, 2.05) is 6.07 Å². The number of piperazine rings is 1. The first-order chi connectivity index (χ1) is 10.0. The van der Waals surface area contributed by atoms with E-state index in [2.05, 4.69) is 29.0 Å². The van der Waals surface area contributed by atoms with Crippen molar-refractivity contribution in [3.8, 4) is 0 Å². The predicted octanol–water partition coefficient (Wildman–Crippen LogP) is 2.47. The van der Waals surface area contributed by atoms with Crippen LogP contribution in [0.4, 0.5) is 4.39 Å². The second-order valence-corrected chi connectivity index (χ2v) is 6.36. The smallest absolute Gasteiger partial charge is 0.169 e. The lowest BCUT2D eigenvalue weighted by molar-refractivity contribution is 0.174. The van der Waals surface area contributed by atoms with Gasteiger partial charge in [0.15, 0.2) is 5.11 Å². The number of thiocarbonyl (C=S) groups is 1. The van der Waals surface area contributed by atoms with Crippen LogP contribution in [0.25, 0.3) is 0 Å². The Hall–Kier alpha value is -1.20. The van der Waals surface area contributed by atoms with Crippen molar-refractivity contribution < 1.29 is 4.39 Å². The second kappa shape index (κ2) is 7.71. The largest absolute Gasteiger partial charge is 0.362 e. The van der Waals surface area contributed by atoms with Crippen LogP contribution in [0, 0.1) is 11.7 Å². The first-order valence-corrected chi connectivity index (χ1v) is 7.95. The molecule has 0 unspecified atom stereocenters. The van der Waals surface area contributed by atoms with E-state index in [0.717, 1.165) is 49.9 Å². The number of nitrogens with one attached hydrogen (secondary N) is 1. The summed E-state index contributed by atoms with van der Waals surface area (Å²) >= 11 is 5.42. The third kappa shape index (κ3) is 5.25. The summed E-state index contributed by atoms with van der Waals surface area (Å²) in [4.78, 5) is 4.57. The Morgan fingerprint density at radius 3 is 2.62 bits per heavy atom. The molecule has 1 heterocycles. The zero-order valence-corrected chi connectivity index (χ0v) is 13.6. The van der Waals surface area contributed by atoms with Crippen LogP contribution in [0.5, 0.6) is 0 Å². The van der Waals surface area contributed by atoms with E-state index in [-0.39, 0.29) is 5.82 Å². The molecule has 116 valence electrons. The van der Waals surface area contributed by atoms with Crippen molar-refractivity contribution in [3.05, 3.63) is 35.6 Å². The van der Waals surface area contributed by atoms with Crippen LogP contribution < -0.4 is 5.32 Å². The monoisotopic (exact) mass is 309 g/mol. The summed E-state index contributed by atoms with van der Waals surface area (Å²) < 4.78 is 13.2. The van der Waals surface area contributed by atoms with Gasteiger partial charge in [0.05, 0.1) is 0 Å². The summed E-state index contributed by atoms with van der Waals surface area (Å²) in [5, 5.41) is 4.17. The fourth-order valence-corrected chi connectivity index (χ4v) is 2.67. The highest BCUT2D eigenvalue weighted by Gasteiger charge is 2.18. The van der Waals surface area contributed by atoms with Crippen molar-refractivity contribution in [2.75, 3.05) is 32.7 Å². The summed E-state index contributed by atoms with van der Waals surface area (Å²) in [6.45, 7) is 9.84. The SMILES string of the molecule is CC(C)CNC(=S)N1CCN(Cc2cccc(F)c2)CC1. The molecule has 0 aromatic heterocycles. The Balaban J connectivity index is 1.76. The maximum absolute atomic E-state index is 13.2. The molecule has 21 heavy (non-hydrogen) atoms. The van der Waals surface area contributed by atoms with Gasteiger partial charge in [0, 0.05) is 39.3 Å². The Kier molecular flexibility index (Phi) is 5.94. The average Bonchev–Trinajstić information content (AvgIpc) is 2.45. The molecule has 0 spiro atoms. The minimum Gasteiger partial charge on any atom is -0.362 e. The van der Waals surface area contributed by atoms with Gasteiger partial charge in [0.1, 0.15) is 5.82 Å². The molecular formula is C16H24FN3S. The lowest BCUT2D eigenvalue weighted by atomic mass is 10.2. The van der Waals surface area contributed by atoms with Crippen LogP contribution in [0.15, 0.2) is 24.3 Å². The van der Waals surface area contributed by atoms with Crippen molar-refractivity contribution in [3.63, 3.8) is 0 Å². The van der Waals surface area contributed by atoms with Gasteiger partial charge in [-0.05, 0) is 35.8 Å². The second-order valence-electron chi connectivity index (χ2n) is 5.97. The summed E-state index contributed by atoms with van der Waals surface area (Å²) in [7, 11) is 0. The van der Waals surface area contributed by atoms with Crippen molar-refractivity contribution >= 4 is 17.3 Å². The van der Waals surface area contributed by atoms with Gasteiger partial charge in [0.2, 0.25) is 0 Å². The quantitative estimate of drug-likeness (QED) is 0.861. The van der Waals surface area contributed by atoms with E-state index in [4.69, 9.17) is 12.2 Å². The molecule has 3 nitrogen and oxygen atoms in total. The molecule has 1 aliphatic rings. The number of hydrogen-bond acceptors (Lipinski definition) is 2. The molecule has 1 aliphatic heterocycles. The van der Waals surface area contributed by atoms with Crippen LogP contribution >= 0.6 is 12.2 Å². The highest BCUT2D eigenvalue weighted by Crippen LogP contribution is 2.10. The summed E-state index contributed by atoms with van der Waals surface area (Å²) in [6, 6.07) is 6.84. The molecular weight excluding hydrogens is 285 g/mol. The lowest BCUT2D eigenvalue weighted by Crippen LogP contribution is -2.51. The third-order valence-corrected chi connectivity index (χ3v) is 4.02. The minimum absolute atomic E-state index is 0.162. The molecule has 0 saturated carbocycles. The zero-order valence-electron chi connectivity index (χ0n) is 12.8. The first kappa shape index (κ1) is 16.2. The Labute approximate surface area is 132 Å². The zero-order chi connectivity index (χ0) is 15.2. The van der Waals surface area contributed by atoms with Crippen molar-refractivity contribution in [2.45, 2.75) is 20.4 Å². The van der Waals surface area contributed by atoms with Crippen LogP contribution in [-0.4, -0.2) is 47.6 Å². The van der Waals surface area contributed by atoms with Gasteiger partial charge in [-0.2, -0.15) is 0 Å². The van der Waals surface area contributed by atoms with Gasteiger partial charge in [-0.3, -0.25) is 4.90 Å². The molecule has 1 aromatic rings. The number of rotatable bonds is 4.